The highest BCUT2D eigenvalue weighted by Crippen LogP contribution is 2.33. The highest BCUT2D eigenvalue weighted by atomic mass is 16.3. The maximum Gasteiger partial charge on any atom is 0.0843 e. The molecule has 0 saturated heterocycles. The first-order chi connectivity index (χ1) is 9.60. The largest absolute Gasteiger partial charge is 0.386 e. The number of rotatable bonds is 3. The summed E-state index contributed by atoms with van der Waals surface area (Å²) < 4.78 is 0. The lowest BCUT2D eigenvalue weighted by atomic mass is 9.87. The molecule has 112 valence electrons. The molecule has 0 saturated carbocycles. The molecule has 0 spiro atoms. The van der Waals surface area contributed by atoms with Crippen LogP contribution in [0.4, 0.5) is 0 Å². The summed E-state index contributed by atoms with van der Waals surface area (Å²) in [6, 6.07) is 13.9. The highest BCUT2D eigenvalue weighted by molar-refractivity contribution is 5.69. The summed E-state index contributed by atoms with van der Waals surface area (Å²) in [7, 11) is 0. The van der Waals surface area contributed by atoms with E-state index in [0.717, 1.165) is 27.8 Å². The van der Waals surface area contributed by atoms with Gasteiger partial charge in [-0.2, -0.15) is 0 Å². The van der Waals surface area contributed by atoms with Crippen molar-refractivity contribution in [2.45, 2.75) is 45.8 Å². The van der Waals surface area contributed by atoms with Crippen LogP contribution >= 0.6 is 0 Å². The number of hydrogen-bond acceptors (Lipinski definition) is 2. The van der Waals surface area contributed by atoms with Gasteiger partial charge in [-0.1, -0.05) is 36.4 Å². The monoisotopic (exact) mass is 284 g/mol. The van der Waals surface area contributed by atoms with Gasteiger partial charge in [-0.05, 0) is 68.5 Å². The van der Waals surface area contributed by atoms with Crippen molar-refractivity contribution in [1.82, 2.24) is 0 Å². The second-order valence-electron chi connectivity index (χ2n) is 6.68. The van der Waals surface area contributed by atoms with Gasteiger partial charge in [0.2, 0.25) is 0 Å². The number of hydrogen-bond donors (Lipinski definition) is 2. The van der Waals surface area contributed by atoms with Crippen LogP contribution in [-0.4, -0.2) is 10.2 Å². The van der Waals surface area contributed by atoms with E-state index in [1.807, 2.05) is 49.4 Å². The van der Waals surface area contributed by atoms with Gasteiger partial charge >= 0.3 is 0 Å². The topological polar surface area (TPSA) is 40.5 Å². The van der Waals surface area contributed by atoms with Gasteiger partial charge in [0, 0.05) is 0 Å². The van der Waals surface area contributed by atoms with Crippen LogP contribution in [0.2, 0.25) is 0 Å². The number of benzene rings is 2. The average Bonchev–Trinajstić information content (AvgIpc) is 2.37. The van der Waals surface area contributed by atoms with E-state index in [9.17, 15) is 10.2 Å². The van der Waals surface area contributed by atoms with Crippen molar-refractivity contribution in [3.05, 3.63) is 59.2 Å². The Morgan fingerprint density at radius 2 is 1.43 bits per heavy atom. The molecule has 21 heavy (non-hydrogen) atoms. The Kier molecular flexibility index (Phi) is 3.96. The smallest absolute Gasteiger partial charge is 0.0843 e. The standard InChI is InChI=1S/C19H24O2/c1-13-16(10-7-11-17(13)19(4,5)21)14-8-6-9-15(12-14)18(2,3)20/h6-12,20-21H,1-5H3. The van der Waals surface area contributed by atoms with Gasteiger partial charge in [-0.25, -0.2) is 0 Å². The summed E-state index contributed by atoms with van der Waals surface area (Å²) in [6.45, 7) is 9.19. The van der Waals surface area contributed by atoms with E-state index in [-0.39, 0.29) is 0 Å². The SMILES string of the molecule is Cc1c(-c2cccc(C(C)(C)O)c2)cccc1C(C)(C)O. The van der Waals surface area contributed by atoms with Crippen LogP contribution in [0.3, 0.4) is 0 Å². The Hall–Kier alpha value is -1.64. The van der Waals surface area contributed by atoms with Crippen LogP contribution in [0, 0.1) is 6.92 Å². The third-order valence-electron chi connectivity index (χ3n) is 3.87. The third-order valence-corrected chi connectivity index (χ3v) is 3.87. The molecule has 2 N–H and O–H groups in total. The first-order valence-corrected chi connectivity index (χ1v) is 7.26. The molecule has 0 fully saturated rings. The molecule has 0 aliphatic carbocycles. The van der Waals surface area contributed by atoms with Gasteiger partial charge < -0.3 is 10.2 Å². The lowest BCUT2D eigenvalue weighted by Gasteiger charge is -2.23. The molecule has 0 bridgehead atoms. The van der Waals surface area contributed by atoms with Crippen molar-refractivity contribution in [3.63, 3.8) is 0 Å². The Morgan fingerprint density at radius 3 is 2.00 bits per heavy atom. The molecule has 2 nitrogen and oxygen atoms in total. The summed E-state index contributed by atoms with van der Waals surface area (Å²) in [4.78, 5) is 0. The molecule has 2 aromatic rings. The third kappa shape index (κ3) is 3.34. The molecule has 0 aliphatic rings. The molecule has 2 aromatic carbocycles. The molecule has 0 heterocycles. The minimum absolute atomic E-state index is 0.863. The van der Waals surface area contributed by atoms with E-state index in [1.54, 1.807) is 27.7 Å². The van der Waals surface area contributed by atoms with Crippen LogP contribution in [0.15, 0.2) is 42.5 Å². The lowest BCUT2D eigenvalue weighted by Crippen LogP contribution is -2.17. The van der Waals surface area contributed by atoms with Crippen molar-refractivity contribution in [1.29, 1.82) is 0 Å². The number of aliphatic hydroxyl groups is 2. The molecule has 0 radical (unpaired) electrons. The Labute approximate surface area is 127 Å². The zero-order valence-corrected chi connectivity index (χ0v) is 13.4. The van der Waals surface area contributed by atoms with Crippen LogP contribution < -0.4 is 0 Å². The molecular formula is C19H24O2. The average molecular weight is 284 g/mol. The second-order valence-corrected chi connectivity index (χ2v) is 6.68. The zero-order chi connectivity index (χ0) is 15.8. The first-order valence-electron chi connectivity index (χ1n) is 7.26. The summed E-state index contributed by atoms with van der Waals surface area (Å²) in [5, 5.41) is 20.5. The van der Waals surface area contributed by atoms with E-state index in [0.29, 0.717) is 0 Å². The van der Waals surface area contributed by atoms with Gasteiger partial charge in [0.25, 0.3) is 0 Å². The Balaban J connectivity index is 2.58. The predicted octanol–water partition coefficient (Wildman–Crippen LogP) is 4.12. The molecule has 2 heteroatoms. The van der Waals surface area contributed by atoms with E-state index in [2.05, 4.69) is 0 Å². The van der Waals surface area contributed by atoms with Crippen molar-refractivity contribution < 1.29 is 10.2 Å². The fourth-order valence-corrected chi connectivity index (χ4v) is 2.68. The Bertz CT molecular complexity index is 643. The summed E-state index contributed by atoms with van der Waals surface area (Å²) >= 11 is 0. The summed E-state index contributed by atoms with van der Waals surface area (Å²) in [6.07, 6.45) is 0. The van der Waals surface area contributed by atoms with E-state index in [1.165, 1.54) is 0 Å². The van der Waals surface area contributed by atoms with Crippen LogP contribution in [0.25, 0.3) is 11.1 Å². The van der Waals surface area contributed by atoms with E-state index < -0.39 is 11.2 Å². The molecule has 0 atom stereocenters. The van der Waals surface area contributed by atoms with Gasteiger partial charge in [0.15, 0.2) is 0 Å². The second kappa shape index (κ2) is 5.28. The fraction of sp³-hybridized carbons (Fsp3) is 0.368. The van der Waals surface area contributed by atoms with Crippen molar-refractivity contribution >= 4 is 0 Å². The molecule has 0 aliphatic heterocycles. The lowest BCUT2D eigenvalue weighted by molar-refractivity contribution is 0.0775. The fourth-order valence-electron chi connectivity index (χ4n) is 2.68. The maximum absolute atomic E-state index is 10.3. The van der Waals surface area contributed by atoms with Crippen LogP contribution in [0.1, 0.15) is 44.4 Å². The Morgan fingerprint density at radius 1 is 0.810 bits per heavy atom. The van der Waals surface area contributed by atoms with E-state index >= 15 is 0 Å². The van der Waals surface area contributed by atoms with Crippen LogP contribution in [0.5, 0.6) is 0 Å². The van der Waals surface area contributed by atoms with Crippen molar-refractivity contribution in [2.24, 2.45) is 0 Å². The van der Waals surface area contributed by atoms with Gasteiger partial charge in [-0.15, -0.1) is 0 Å². The molecular weight excluding hydrogens is 260 g/mol. The highest BCUT2D eigenvalue weighted by Gasteiger charge is 2.21. The predicted molar refractivity (Wildman–Crippen MR) is 87.1 cm³/mol. The van der Waals surface area contributed by atoms with Crippen LogP contribution in [-0.2, 0) is 11.2 Å². The van der Waals surface area contributed by atoms with Crippen molar-refractivity contribution in [2.75, 3.05) is 0 Å². The molecule has 0 amide bonds. The molecule has 0 aromatic heterocycles. The zero-order valence-electron chi connectivity index (χ0n) is 13.4. The minimum atomic E-state index is -0.867. The van der Waals surface area contributed by atoms with Gasteiger partial charge in [0.05, 0.1) is 11.2 Å². The molecule has 2 rings (SSSR count). The molecule has 0 unspecified atom stereocenters. The van der Waals surface area contributed by atoms with Crippen molar-refractivity contribution in [3.8, 4) is 11.1 Å². The first kappa shape index (κ1) is 15.7. The van der Waals surface area contributed by atoms with Gasteiger partial charge in [-0.3, -0.25) is 0 Å². The normalized spacial score (nSPS) is 12.5. The summed E-state index contributed by atoms with van der Waals surface area (Å²) in [5.41, 5.74) is 3.28. The van der Waals surface area contributed by atoms with E-state index in [4.69, 9.17) is 0 Å². The minimum Gasteiger partial charge on any atom is -0.386 e. The summed E-state index contributed by atoms with van der Waals surface area (Å²) in [5.74, 6) is 0. The van der Waals surface area contributed by atoms with Gasteiger partial charge in [0.1, 0.15) is 0 Å². The quantitative estimate of drug-likeness (QED) is 0.890. The maximum atomic E-state index is 10.3.